The summed E-state index contributed by atoms with van der Waals surface area (Å²) in [6, 6.07) is 10.0. The average Bonchev–Trinajstić information content (AvgIpc) is 2.96. The fourth-order valence-corrected chi connectivity index (χ4v) is 4.55. The van der Waals surface area contributed by atoms with E-state index in [1.165, 1.54) is 60.4 Å². The van der Waals surface area contributed by atoms with Crippen molar-refractivity contribution in [2.24, 2.45) is 5.14 Å². The van der Waals surface area contributed by atoms with E-state index in [-0.39, 0.29) is 15.0 Å². The summed E-state index contributed by atoms with van der Waals surface area (Å²) in [7, 11) is -3.84. The monoisotopic (exact) mass is 465 g/mol. The van der Waals surface area contributed by atoms with E-state index in [0.29, 0.717) is 16.2 Å². The van der Waals surface area contributed by atoms with Gasteiger partial charge >= 0.3 is 0 Å². The number of thiocarbonyl (C=S) groups is 1. The molecule has 0 bridgehead atoms. The van der Waals surface area contributed by atoms with Gasteiger partial charge in [0.2, 0.25) is 15.9 Å². The van der Waals surface area contributed by atoms with E-state index >= 15 is 0 Å². The predicted molar refractivity (Wildman–Crippen MR) is 117 cm³/mol. The number of nitrogens with zero attached hydrogens (tertiary/aromatic N) is 1. The molecule has 3 N–H and O–H groups in total. The maximum Gasteiger partial charge on any atom is 0.266 e. The maximum absolute atomic E-state index is 13.1. The van der Waals surface area contributed by atoms with Crippen molar-refractivity contribution in [1.29, 1.82) is 0 Å². The second kappa shape index (κ2) is 8.64. The molecule has 0 aromatic heterocycles. The third-order valence-electron chi connectivity index (χ3n) is 4.21. The van der Waals surface area contributed by atoms with Gasteiger partial charge in [-0.25, -0.2) is 17.9 Å². The molecule has 0 aliphatic carbocycles. The normalized spacial score (nSPS) is 16.8. The number of anilines is 1. The van der Waals surface area contributed by atoms with Gasteiger partial charge in [-0.3, -0.25) is 14.5 Å². The van der Waals surface area contributed by atoms with Gasteiger partial charge in [-0.1, -0.05) is 36.1 Å². The first kappa shape index (κ1) is 22.1. The van der Waals surface area contributed by atoms with Crippen LogP contribution in [0, 0.1) is 5.82 Å². The zero-order valence-electron chi connectivity index (χ0n) is 15.5. The van der Waals surface area contributed by atoms with Crippen molar-refractivity contribution in [1.82, 2.24) is 4.90 Å². The van der Waals surface area contributed by atoms with Gasteiger partial charge in [-0.05, 0) is 55.0 Å². The van der Waals surface area contributed by atoms with Crippen molar-refractivity contribution in [2.45, 2.75) is 17.9 Å². The minimum absolute atomic E-state index is 0.0866. The lowest BCUT2D eigenvalue weighted by Crippen LogP contribution is -2.44. The highest BCUT2D eigenvalue weighted by atomic mass is 32.2. The number of rotatable bonds is 5. The third-order valence-corrected chi connectivity index (χ3v) is 6.47. The van der Waals surface area contributed by atoms with E-state index in [9.17, 15) is 22.4 Å². The van der Waals surface area contributed by atoms with Crippen molar-refractivity contribution in [3.05, 3.63) is 64.8 Å². The second-order valence-corrected chi connectivity index (χ2v) is 9.58. The molecule has 2 amide bonds. The number of thioether (sulfide) groups is 1. The Bertz CT molecular complexity index is 1150. The zero-order valence-corrected chi connectivity index (χ0v) is 18.0. The van der Waals surface area contributed by atoms with E-state index in [0.717, 1.165) is 11.8 Å². The molecule has 7 nitrogen and oxygen atoms in total. The SMILES string of the molecule is CC(C(=O)Nc1ccc(S(N)(=O)=O)cc1)N1C(=O)/C(=C/c2ccc(F)cc2)SC1=S. The summed E-state index contributed by atoms with van der Waals surface area (Å²) in [5, 5.41) is 7.66. The molecule has 30 heavy (non-hydrogen) atoms. The molecular formula is C19H16FN3O4S3. The number of hydrogen-bond donors (Lipinski definition) is 2. The number of nitrogens with one attached hydrogen (secondary N) is 1. The Morgan fingerprint density at radius 2 is 1.80 bits per heavy atom. The third kappa shape index (κ3) is 4.93. The van der Waals surface area contributed by atoms with Crippen LogP contribution in [-0.4, -0.2) is 35.5 Å². The first-order valence-corrected chi connectivity index (χ1v) is 11.3. The van der Waals surface area contributed by atoms with Gasteiger partial charge in [-0.2, -0.15) is 0 Å². The molecule has 1 aliphatic rings. The summed E-state index contributed by atoms with van der Waals surface area (Å²) in [4.78, 5) is 26.8. The minimum atomic E-state index is -3.84. The van der Waals surface area contributed by atoms with E-state index in [2.05, 4.69) is 5.32 Å². The molecular weight excluding hydrogens is 449 g/mol. The summed E-state index contributed by atoms with van der Waals surface area (Å²) in [5.74, 6) is -1.32. The summed E-state index contributed by atoms with van der Waals surface area (Å²) in [5.41, 5.74) is 0.968. The number of carbonyl (C=O) groups is 2. The zero-order chi connectivity index (χ0) is 22.1. The highest BCUT2D eigenvalue weighted by Gasteiger charge is 2.38. The number of sulfonamides is 1. The molecule has 2 aromatic rings. The fourth-order valence-electron chi connectivity index (χ4n) is 2.62. The molecule has 0 spiro atoms. The van der Waals surface area contributed by atoms with Crippen LogP contribution < -0.4 is 10.5 Å². The first-order valence-electron chi connectivity index (χ1n) is 8.52. The largest absolute Gasteiger partial charge is 0.324 e. The van der Waals surface area contributed by atoms with Crippen molar-refractivity contribution >= 4 is 61.9 Å². The van der Waals surface area contributed by atoms with Gasteiger partial charge in [0.25, 0.3) is 5.91 Å². The molecule has 1 fully saturated rings. The van der Waals surface area contributed by atoms with E-state index in [1.54, 1.807) is 6.08 Å². The molecule has 0 radical (unpaired) electrons. The Hall–Kier alpha value is -2.60. The number of halogens is 1. The van der Waals surface area contributed by atoms with E-state index in [4.69, 9.17) is 17.4 Å². The van der Waals surface area contributed by atoms with Gasteiger partial charge in [-0.15, -0.1) is 0 Å². The Morgan fingerprint density at radius 3 is 2.37 bits per heavy atom. The molecule has 11 heteroatoms. The van der Waals surface area contributed by atoms with Crippen molar-refractivity contribution in [2.75, 3.05) is 5.32 Å². The summed E-state index contributed by atoms with van der Waals surface area (Å²) in [6.07, 6.45) is 1.58. The van der Waals surface area contributed by atoms with Crippen LogP contribution >= 0.6 is 24.0 Å². The van der Waals surface area contributed by atoms with Crippen molar-refractivity contribution < 1.29 is 22.4 Å². The summed E-state index contributed by atoms with van der Waals surface area (Å²) < 4.78 is 35.9. The standard InChI is InChI=1S/C19H16FN3O4S3/c1-11(17(24)22-14-6-8-15(9-7-14)30(21,26)27)23-18(25)16(29-19(23)28)10-12-2-4-13(20)5-3-12/h2-11H,1H3,(H,22,24)(H2,21,26,27)/b16-10-. The van der Waals surface area contributed by atoms with Crippen LogP contribution in [0.25, 0.3) is 6.08 Å². The summed E-state index contributed by atoms with van der Waals surface area (Å²) >= 11 is 6.31. The topological polar surface area (TPSA) is 110 Å². The number of benzene rings is 2. The van der Waals surface area contributed by atoms with Gasteiger partial charge < -0.3 is 5.32 Å². The smallest absolute Gasteiger partial charge is 0.266 e. The lowest BCUT2D eigenvalue weighted by atomic mass is 10.2. The number of carbonyl (C=O) groups excluding carboxylic acids is 2. The highest BCUT2D eigenvalue weighted by molar-refractivity contribution is 8.26. The van der Waals surface area contributed by atoms with E-state index in [1.807, 2.05) is 0 Å². The van der Waals surface area contributed by atoms with Crippen LogP contribution in [0.3, 0.4) is 0 Å². The second-order valence-electron chi connectivity index (χ2n) is 6.34. The van der Waals surface area contributed by atoms with Crippen LogP contribution in [0.5, 0.6) is 0 Å². The van der Waals surface area contributed by atoms with Crippen LogP contribution in [0.1, 0.15) is 12.5 Å². The lowest BCUT2D eigenvalue weighted by molar-refractivity contribution is -0.129. The van der Waals surface area contributed by atoms with Gasteiger partial charge in [0, 0.05) is 5.69 Å². The number of amides is 2. The molecule has 1 unspecified atom stereocenters. The molecule has 1 aliphatic heterocycles. The predicted octanol–water partition coefficient (Wildman–Crippen LogP) is 2.70. The molecule has 2 aromatic carbocycles. The maximum atomic E-state index is 13.1. The van der Waals surface area contributed by atoms with Crippen molar-refractivity contribution in [3.63, 3.8) is 0 Å². The van der Waals surface area contributed by atoms with Gasteiger partial charge in [0.1, 0.15) is 16.2 Å². The molecule has 0 saturated carbocycles. The van der Waals surface area contributed by atoms with Crippen LogP contribution in [-0.2, 0) is 19.6 Å². The van der Waals surface area contributed by atoms with Crippen LogP contribution in [0.2, 0.25) is 0 Å². The van der Waals surface area contributed by atoms with Crippen molar-refractivity contribution in [3.8, 4) is 0 Å². The average molecular weight is 466 g/mol. The van der Waals surface area contributed by atoms with Gasteiger partial charge in [0.15, 0.2) is 0 Å². The number of nitrogens with two attached hydrogens (primary N) is 1. The Labute approximate surface area is 182 Å². The van der Waals surface area contributed by atoms with Gasteiger partial charge in [0.05, 0.1) is 9.80 Å². The molecule has 1 heterocycles. The number of primary sulfonamides is 1. The fraction of sp³-hybridized carbons (Fsp3) is 0.105. The number of hydrogen-bond acceptors (Lipinski definition) is 6. The van der Waals surface area contributed by atoms with E-state index < -0.39 is 27.9 Å². The molecule has 1 saturated heterocycles. The molecule has 3 rings (SSSR count). The quantitative estimate of drug-likeness (QED) is 0.519. The molecule has 156 valence electrons. The Morgan fingerprint density at radius 1 is 1.20 bits per heavy atom. The Balaban J connectivity index is 1.73. The highest BCUT2D eigenvalue weighted by Crippen LogP contribution is 2.34. The minimum Gasteiger partial charge on any atom is -0.324 e. The lowest BCUT2D eigenvalue weighted by Gasteiger charge is -2.22. The Kier molecular flexibility index (Phi) is 6.36. The van der Waals surface area contributed by atoms with Crippen LogP contribution in [0.4, 0.5) is 10.1 Å². The van der Waals surface area contributed by atoms with Crippen LogP contribution in [0.15, 0.2) is 58.3 Å². The molecule has 1 atom stereocenters. The first-order chi connectivity index (χ1) is 14.1. The summed E-state index contributed by atoms with van der Waals surface area (Å²) in [6.45, 7) is 1.53.